The molecule has 0 saturated carbocycles. The van der Waals surface area contributed by atoms with Crippen molar-refractivity contribution in [2.75, 3.05) is 38.2 Å². The van der Waals surface area contributed by atoms with Gasteiger partial charge in [0.1, 0.15) is 0 Å². The van der Waals surface area contributed by atoms with E-state index in [1.165, 1.54) is 18.1 Å². The lowest BCUT2D eigenvalue weighted by Gasteiger charge is -2.35. The van der Waals surface area contributed by atoms with E-state index in [-0.39, 0.29) is 5.02 Å². The number of nitrogens with zero attached hydrogens (tertiary/aromatic N) is 2. The first-order valence-corrected chi connectivity index (χ1v) is 6.65. The van der Waals surface area contributed by atoms with Crippen molar-refractivity contribution in [3.8, 4) is 0 Å². The molecule has 1 aromatic carbocycles. The van der Waals surface area contributed by atoms with Crippen molar-refractivity contribution in [1.82, 2.24) is 4.90 Å². The molecule has 1 aliphatic heterocycles. The summed E-state index contributed by atoms with van der Waals surface area (Å²) < 4.78 is 42.9. The summed E-state index contributed by atoms with van der Waals surface area (Å²) >= 11 is 5.99. The minimum Gasteiger partial charge on any atom is -0.453 e. The van der Waals surface area contributed by atoms with E-state index in [4.69, 9.17) is 11.6 Å². The maximum absolute atomic E-state index is 12.7. The predicted octanol–water partition coefficient (Wildman–Crippen LogP) is 3.25. The number of halogens is 4. The van der Waals surface area contributed by atoms with Gasteiger partial charge in [-0.2, -0.15) is 13.2 Å². The SMILES string of the molecule is COC(=O)N1CCN(c2cc(C(F)(F)F)ccc2Cl)CC1. The Kier molecular flexibility index (Phi) is 4.51. The third-order valence-corrected chi connectivity index (χ3v) is 3.65. The number of rotatable bonds is 1. The highest BCUT2D eigenvalue weighted by Crippen LogP contribution is 2.35. The first-order chi connectivity index (χ1) is 9.82. The van der Waals surface area contributed by atoms with E-state index in [2.05, 4.69) is 4.74 Å². The lowest BCUT2D eigenvalue weighted by Crippen LogP contribution is -2.48. The number of methoxy groups -OCH3 is 1. The van der Waals surface area contributed by atoms with Crippen LogP contribution in [0, 0.1) is 0 Å². The summed E-state index contributed by atoms with van der Waals surface area (Å²) in [5.41, 5.74) is -0.409. The fraction of sp³-hybridized carbons (Fsp3) is 0.462. The van der Waals surface area contributed by atoms with Crippen LogP contribution in [0.15, 0.2) is 18.2 Å². The van der Waals surface area contributed by atoms with Gasteiger partial charge >= 0.3 is 12.3 Å². The molecule has 1 aromatic rings. The minimum absolute atomic E-state index is 0.259. The van der Waals surface area contributed by atoms with Crippen molar-refractivity contribution < 1.29 is 22.7 Å². The Bertz CT molecular complexity index is 529. The van der Waals surface area contributed by atoms with Gasteiger partial charge in [-0.15, -0.1) is 0 Å². The Morgan fingerprint density at radius 1 is 1.24 bits per heavy atom. The summed E-state index contributed by atoms with van der Waals surface area (Å²) in [6, 6.07) is 3.24. The molecule has 0 unspecified atom stereocenters. The van der Waals surface area contributed by atoms with Gasteiger partial charge in [0.15, 0.2) is 0 Å². The van der Waals surface area contributed by atoms with Crippen molar-refractivity contribution in [3.63, 3.8) is 0 Å². The van der Waals surface area contributed by atoms with Crippen LogP contribution in [0.4, 0.5) is 23.7 Å². The molecule has 21 heavy (non-hydrogen) atoms. The normalized spacial score (nSPS) is 16.0. The molecule has 0 spiro atoms. The molecule has 4 nitrogen and oxygen atoms in total. The van der Waals surface area contributed by atoms with Crippen LogP contribution in [0.5, 0.6) is 0 Å². The number of benzene rings is 1. The van der Waals surface area contributed by atoms with Crippen molar-refractivity contribution in [2.45, 2.75) is 6.18 Å². The Labute approximate surface area is 125 Å². The van der Waals surface area contributed by atoms with Crippen LogP contribution in [0.2, 0.25) is 5.02 Å². The highest BCUT2D eigenvalue weighted by molar-refractivity contribution is 6.33. The van der Waals surface area contributed by atoms with Gasteiger partial charge in [-0.3, -0.25) is 0 Å². The lowest BCUT2D eigenvalue weighted by molar-refractivity contribution is -0.137. The highest BCUT2D eigenvalue weighted by atomic mass is 35.5. The second kappa shape index (κ2) is 6.01. The van der Waals surface area contributed by atoms with Crippen LogP contribution in [-0.2, 0) is 10.9 Å². The average Bonchev–Trinajstić information content (AvgIpc) is 2.46. The summed E-state index contributed by atoms with van der Waals surface area (Å²) in [6.07, 6.45) is -4.85. The third-order valence-electron chi connectivity index (χ3n) is 3.33. The smallest absolute Gasteiger partial charge is 0.416 e. The lowest BCUT2D eigenvalue weighted by atomic mass is 10.1. The molecule has 0 atom stereocenters. The molecule has 1 heterocycles. The number of anilines is 1. The summed E-state index contributed by atoms with van der Waals surface area (Å²) in [7, 11) is 1.29. The zero-order valence-corrected chi connectivity index (χ0v) is 12.0. The average molecular weight is 323 g/mol. The van der Waals surface area contributed by atoms with Gasteiger partial charge in [0, 0.05) is 26.2 Å². The molecule has 2 rings (SSSR count). The molecule has 0 aromatic heterocycles. The number of ether oxygens (including phenoxy) is 1. The van der Waals surface area contributed by atoms with E-state index in [0.717, 1.165) is 12.1 Å². The maximum atomic E-state index is 12.7. The van der Waals surface area contributed by atoms with Crippen LogP contribution < -0.4 is 4.90 Å². The van der Waals surface area contributed by atoms with E-state index >= 15 is 0 Å². The van der Waals surface area contributed by atoms with Gasteiger partial charge in [-0.25, -0.2) is 4.79 Å². The van der Waals surface area contributed by atoms with Gasteiger partial charge in [0.05, 0.1) is 23.4 Å². The van der Waals surface area contributed by atoms with Crippen LogP contribution in [0.25, 0.3) is 0 Å². The largest absolute Gasteiger partial charge is 0.453 e. The molecular formula is C13H14ClF3N2O2. The molecule has 8 heteroatoms. The summed E-state index contributed by atoms with van der Waals surface area (Å²) in [5, 5.41) is 0.259. The molecule has 1 aliphatic rings. The second-order valence-corrected chi connectivity index (χ2v) is 5.02. The first kappa shape index (κ1) is 15.8. The maximum Gasteiger partial charge on any atom is 0.416 e. The molecule has 1 fully saturated rings. The fourth-order valence-electron chi connectivity index (χ4n) is 2.19. The Morgan fingerprint density at radius 2 is 1.86 bits per heavy atom. The molecule has 0 aliphatic carbocycles. The number of carbonyl (C=O) groups excluding carboxylic acids is 1. The Balaban J connectivity index is 2.15. The molecule has 116 valence electrons. The van der Waals surface area contributed by atoms with Crippen molar-refractivity contribution >= 4 is 23.4 Å². The second-order valence-electron chi connectivity index (χ2n) is 4.61. The predicted molar refractivity (Wildman–Crippen MR) is 72.6 cm³/mol. The van der Waals surface area contributed by atoms with Gasteiger partial charge in [0.2, 0.25) is 0 Å². The summed E-state index contributed by atoms with van der Waals surface area (Å²) in [6.45, 7) is 1.55. The van der Waals surface area contributed by atoms with Crippen LogP contribution >= 0.6 is 11.6 Å². The van der Waals surface area contributed by atoms with Gasteiger partial charge in [-0.05, 0) is 18.2 Å². The van der Waals surface area contributed by atoms with E-state index in [9.17, 15) is 18.0 Å². The number of piperazine rings is 1. The van der Waals surface area contributed by atoms with Gasteiger partial charge in [-0.1, -0.05) is 11.6 Å². The van der Waals surface area contributed by atoms with Gasteiger partial charge < -0.3 is 14.5 Å². The van der Waals surface area contributed by atoms with E-state index in [1.54, 1.807) is 4.90 Å². The zero-order valence-electron chi connectivity index (χ0n) is 11.3. The summed E-state index contributed by atoms with van der Waals surface area (Å²) in [4.78, 5) is 14.6. The Hall–Kier alpha value is -1.63. The number of hydrogen-bond acceptors (Lipinski definition) is 3. The topological polar surface area (TPSA) is 32.8 Å². The monoisotopic (exact) mass is 322 g/mol. The quantitative estimate of drug-likeness (QED) is 0.795. The van der Waals surface area contributed by atoms with Crippen LogP contribution in [0.1, 0.15) is 5.56 Å². The van der Waals surface area contributed by atoms with Crippen molar-refractivity contribution in [1.29, 1.82) is 0 Å². The van der Waals surface area contributed by atoms with Crippen molar-refractivity contribution in [2.24, 2.45) is 0 Å². The number of carbonyl (C=O) groups is 1. The zero-order chi connectivity index (χ0) is 15.6. The Morgan fingerprint density at radius 3 is 2.38 bits per heavy atom. The molecule has 0 radical (unpaired) electrons. The number of hydrogen-bond donors (Lipinski definition) is 0. The van der Waals surface area contributed by atoms with Crippen molar-refractivity contribution in [3.05, 3.63) is 28.8 Å². The van der Waals surface area contributed by atoms with Crippen LogP contribution in [0.3, 0.4) is 0 Å². The first-order valence-electron chi connectivity index (χ1n) is 6.27. The third kappa shape index (κ3) is 3.53. The van der Waals surface area contributed by atoms with E-state index in [0.29, 0.717) is 31.9 Å². The van der Waals surface area contributed by atoms with E-state index in [1.807, 2.05) is 0 Å². The molecule has 0 bridgehead atoms. The van der Waals surface area contributed by atoms with Crippen LogP contribution in [-0.4, -0.2) is 44.3 Å². The molecule has 1 saturated heterocycles. The number of amides is 1. The highest BCUT2D eigenvalue weighted by Gasteiger charge is 2.32. The molecule has 1 amide bonds. The van der Waals surface area contributed by atoms with Gasteiger partial charge in [0.25, 0.3) is 0 Å². The summed E-state index contributed by atoms with van der Waals surface area (Å²) in [5.74, 6) is 0. The molecular weight excluding hydrogens is 309 g/mol. The van der Waals surface area contributed by atoms with E-state index < -0.39 is 17.8 Å². The fourth-order valence-corrected chi connectivity index (χ4v) is 2.43. The number of alkyl halides is 3. The minimum atomic E-state index is -4.41. The molecule has 0 N–H and O–H groups in total. The standard InChI is InChI=1S/C13H14ClF3N2O2/c1-21-12(20)19-6-4-18(5-7-19)11-8-9(13(15,16)17)2-3-10(11)14/h2-3,8H,4-7H2,1H3.